The van der Waals surface area contributed by atoms with Gasteiger partial charge < -0.3 is 5.32 Å². The average molecular weight is 241 g/mol. The molecule has 0 radical (unpaired) electrons. The lowest BCUT2D eigenvalue weighted by Gasteiger charge is -2.42. The molecule has 1 aliphatic carbocycles. The van der Waals surface area contributed by atoms with E-state index in [-0.39, 0.29) is 12.4 Å². The summed E-state index contributed by atoms with van der Waals surface area (Å²) in [6, 6.07) is 4.18. The maximum atomic E-state index is 4.31. The van der Waals surface area contributed by atoms with Crippen molar-refractivity contribution in [2.75, 3.05) is 0 Å². The van der Waals surface area contributed by atoms with Crippen molar-refractivity contribution in [3.63, 3.8) is 0 Å². The molecule has 1 aromatic heterocycles. The van der Waals surface area contributed by atoms with E-state index >= 15 is 0 Å². The van der Waals surface area contributed by atoms with Crippen molar-refractivity contribution in [1.82, 2.24) is 10.3 Å². The van der Waals surface area contributed by atoms with E-state index in [0.717, 1.165) is 12.2 Å². The standard InChI is InChI=1S/C13H20N2.ClH/c1-3-13(7-5-8-13)15-10-12-6-4-9-14-11(12)2;/h4,6,9,15H,3,5,7-8,10H2,1-2H3;1H. The summed E-state index contributed by atoms with van der Waals surface area (Å²) in [5.41, 5.74) is 2.91. The molecule has 1 aromatic rings. The molecule has 0 atom stereocenters. The molecule has 0 aromatic carbocycles. The highest BCUT2D eigenvalue weighted by Gasteiger charge is 2.34. The molecule has 1 saturated carbocycles. The van der Waals surface area contributed by atoms with Gasteiger partial charge in [-0.1, -0.05) is 13.0 Å². The number of pyridine rings is 1. The molecule has 2 nitrogen and oxygen atoms in total. The first-order valence-electron chi connectivity index (χ1n) is 5.91. The third kappa shape index (κ3) is 2.74. The smallest absolute Gasteiger partial charge is 0.0417 e. The van der Waals surface area contributed by atoms with Crippen molar-refractivity contribution in [2.45, 2.75) is 51.6 Å². The van der Waals surface area contributed by atoms with E-state index in [2.05, 4.69) is 30.2 Å². The molecule has 0 bridgehead atoms. The predicted molar refractivity (Wildman–Crippen MR) is 69.9 cm³/mol. The van der Waals surface area contributed by atoms with Crippen LogP contribution in [-0.4, -0.2) is 10.5 Å². The first-order valence-corrected chi connectivity index (χ1v) is 5.91. The van der Waals surface area contributed by atoms with Crippen LogP contribution >= 0.6 is 12.4 Å². The zero-order chi connectivity index (χ0) is 10.7. The second-order valence-corrected chi connectivity index (χ2v) is 4.59. The molecule has 1 N–H and O–H groups in total. The number of halogens is 1. The van der Waals surface area contributed by atoms with E-state index in [0.29, 0.717) is 5.54 Å². The Bertz CT molecular complexity index is 329. The second-order valence-electron chi connectivity index (χ2n) is 4.59. The van der Waals surface area contributed by atoms with E-state index in [1.165, 1.54) is 31.2 Å². The first kappa shape index (κ1) is 13.5. The lowest BCUT2D eigenvalue weighted by molar-refractivity contribution is 0.175. The Balaban J connectivity index is 0.00000128. The Morgan fingerprint density at radius 3 is 2.69 bits per heavy atom. The monoisotopic (exact) mass is 240 g/mol. The molecule has 0 spiro atoms. The van der Waals surface area contributed by atoms with E-state index in [1.807, 2.05) is 12.3 Å². The van der Waals surface area contributed by atoms with Gasteiger partial charge >= 0.3 is 0 Å². The van der Waals surface area contributed by atoms with Gasteiger partial charge in [-0.15, -0.1) is 12.4 Å². The van der Waals surface area contributed by atoms with Crippen LogP contribution in [-0.2, 0) is 6.54 Å². The Morgan fingerprint density at radius 2 is 2.19 bits per heavy atom. The Morgan fingerprint density at radius 1 is 1.44 bits per heavy atom. The van der Waals surface area contributed by atoms with Gasteiger partial charge in [-0.3, -0.25) is 4.98 Å². The van der Waals surface area contributed by atoms with Crippen LogP contribution in [0.3, 0.4) is 0 Å². The van der Waals surface area contributed by atoms with Gasteiger partial charge in [-0.2, -0.15) is 0 Å². The van der Waals surface area contributed by atoms with E-state index in [4.69, 9.17) is 0 Å². The van der Waals surface area contributed by atoms with Gasteiger partial charge in [0.05, 0.1) is 0 Å². The topological polar surface area (TPSA) is 24.9 Å². The van der Waals surface area contributed by atoms with Gasteiger partial charge in [-0.25, -0.2) is 0 Å². The van der Waals surface area contributed by atoms with Crippen LogP contribution in [0.4, 0.5) is 0 Å². The van der Waals surface area contributed by atoms with Crippen molar-refractivity contribution >= 4 is 12.4 Å². The summed E-state index contributed by atoms with van der Waals surface area (Å²) in [7, 11) is 0. The third-order valence-corrected chi connectivity index (χ3v) is 3.76. The van der Waals surface area contributed by atoms with Crippen molar-refractivity contribution in [3.8, 4) is 0 Å². The molecule has 3 heteroatoms. The number of nitrogens with one attached hydrogen (secondary N) is 1. The van der Waals surface area contributed by atoms with Gasteiger partial charge in [0, 0.05) is 24.0 Å². The van der Waals surface area contributed by atoms with Crippen molar-refractivity contribution in [3.05, 3.63) is 29.6 Å². The molecular weight excluding hydrogens is 220 g/mol. The maximum Gasteiger partial charge on any atom is 0.0417 e. The van der Waals surface area contributed by atoms with Gasteiger partial charge in [-0.05, 0) is 44.2 Å². The van der Waals surface area contributed by atoms with Gasteiger partial charge in [0.2, 0.25) is 0 Å². The van der Waals surface area contributed by atoms with Crippen LogP contribution in [0.15, 0.2) is 18.3 Å². The molecule has 0 amide bonds. The zero-order valence-electron chi connectivity index (χ0n) is 10.1. The molecule has 1 aliphatic rings. The Hall–Kier alpha value is -0.600. The molecule has 0 aliphatic heterocycles. The predicted octanol–water partition coefficient (Wildman–Crippen LogP) is 3.23. The highest BCUT2D eigenvalue weighted by Crippen LogP contribution is 2.34. The SMILES string of the molecule is CCC1(NCc2cccnc2C)CCC1.Cl. The van der Waals surface area contributed by atoms with Gasteiger partial charge in [0.1, 0.15) is 0 Å². The molecule has 1 heterocycles. The summed E-state index contributed by atoms with van der Waals surface area (Å²) in [5.74, 6) is 0. The van der Waals surface area contributed by atoms with E-state index in [9.17, 15) is 0 Å². The van der Waals surface area contributed by atoms with Crippen LogP contribution in [0.1, 0.15) is 43.9 Å². The van der Waals surface area contributed by atoms with Crippen molar-refractivity contribution in [2.24, 2.45) is 0 Å². The second kappa shape index (κ2) is 5.65. The molecular formula is C13H21ClN2. The maximum absolute atomic E-state index is 4.31. The molecule has 1 fully saturated rings. The summed E-state index contributed by atoms with van der Waals surface area (Å²) in [5, 5.41) is 3.70. The lowest BCUT2D eigenvalue weighted by atomic mass is 9.75. The van der Waals surface area contributed by atoms with Crippen molar-refractivity contribution < 1.29 is 0 Å². The largest absolute Gasteiger partial charge is 0.307 e. The quantitative estimate of drug-likeness (QED) is 0.874. The molecule has 2 rings (SSSR count). The third-order valence-electron chi connectivity index (χ3n) is 3.76. The van der Waals surface area contributed by atoms with Gasteiger partial charge in [0.15, 0.2) is 0 Å². The van der Waals surface area contributed by atoms with E-state index < -0.39 is 0 Å². The summed E-state index contributed by atoms with van der Waals surface area (Å²) in [4.78, 5) is 4.31. The molecule has 0 saturated heterocycles. The average Bonchev–Trinajstić information content (AvgIpc) is 2.19. The molecule has 16 heavy (non-hydrogen) atoms. The van der Waals surface area contributed by atoms with Crippen molar-refractivity contribution in [1.29, 1.82) is 0 Å². The first-order chi connectivity index (χ1) is 7.26. The number of rotatable bonds is 4. The normalized spacial score (nSPS) is 17.4. The zero-order valence-corrected chi connectivity index (χ0v) is 10.9. The fraction of sp³-hybridized carbons (Fsp3) is 0.615. The Kier molecular flexibility index (Phi) is 4.75. The summed E-state index contributed by atoms with van der Waals surface area (Å²) in [6.45, 7) is 5.33. The van der Waals surface area contributed by atoms with Crippen LogP contribution < -0.4 is 5.32 Å². The fourth-order valence-corrected chi connectivity index (χ4v) is 2.25. The van der Waals surface area contributed by atoms with Crippen LogP contribution in [0.25, 0.3) is 0 Å². The summed E-state index contributed by atoms with van der Waals surface area (Å²) < 4.78 is 0. The minimum absolute atomic E-state index is 0. The molecule has 0 unspecified atom stereocenters. The highest BCUT2D eigenvalue weighted by molar-refractivity contribution is 5.85. The number of hydrogen-bond donors (Lipinski definition) is 1. The van der Waals surface area contributed by atoms with Crippen LogP contribution in [0.2, 0.25) is 0 Å². The number of hydrogen-bond acceptors (Lipinski definition) is 2. The van der Waals surface area contributed by atoms with Gasteiger partial charge in [0.25, 0.3) is 0 Å². The number of aryl methyl sites for hydroxylation is 1. The number of nitrogens with zero attached hydrogens (tertiary/aromatic N) is 1. The minimum Gasteiger partial charge on any atom is -0.307 e. The number of aromatic nitrogens is 1. The summed E-state index contributed by atoms with van der Waals surface area (Å²) in [6.07, 6.45) is 7.16. The van der Waals surface area contributed by atoms with Crippen LogP contribution in [0.5, 0.6) is 0 Å². The van der Waals surface area contributed by atoms with E-state index in [1.54, 1.807) is 0 Å². The minimum atomic E-state index is 0. The summed E-state index contributed by atoms with van der Waals surface area (Å²) >= 11 is 0. The fourth-order valence-electron chi connectivity index (χ4n) is 2.25. The lowest BCUT2D eigenvalue weighted by Crippen LogP contribution is -2.49. The van der Waals surface area contributed by atoms with Crippen LogP contribution in [0, 0.1) is 6.92 Å². The molecule has 90 valence electrons. The highest BCUT2D eigenvalue weighted by atomic mass is 35.5. The Labute approximate surface area is 104 Å².